The molecule has 0 amide bonds. The summed E-state index contributed by atoms with van der Waals surface area (Å²) in [5, 5.41) is 22.2. The number of carbonyl (C=O) groups excluding carboxylic acids is 1. The second-order valence-electron chi connectivity index (χ2n) is 10.3. The molecular formula is C34H42O7S2. The van der Waals surface area contributed by atoms with E-state index >= 15 is 0 Å². The van der Waals surface area contributed by atoms with Crippen LogP contribution < -0.4 is 0 Å². The van der Waals surface area contributed by atoms with Crippen LogP contribution in [0.2, 0.25) is 0 Å². The summed E-state index contributed by atoms with van der Waals surface area (Å²) in [6, 6.07) is 29.1. The molecule has 0 bridgehead atoms. The lowest BCUT2D eigenvalue weighted by atomic mass is 9.98. The van der Waals surface area contributed by atoms with Crippen molar-refractivity contribution in [2.24, 2.45) is 0 Å². The van der Waals surface area contributed by atoms with Crippen LogP contribution in [0.1, 0.15) is 36.5 Å². The summed E-state index contributed by atoms with van der Waals surface area (Å²) in [5.74, 6) is 1.33. The Bertz CT molecular complexity index is 1190. The van der Waals surface area contributed by atoms with Gasteiger partial charge in [0.25, 0.3) is 0 Å². The third kappa shape index (κ3) is 10.1. The minimum absolute atomic E-state index is 0.206. The standard InChI is InChI=1S/C34H42O7S2/c1-2-38-33(37)34(42-19-12-20-43-34)21-29(39-23-26-13-6-3-7-14-26)32(41-25-28-17-10-5-11-18-28)31(36)30(22-35)40-24-27-15-8-4-9-16-27/h3-11,13-18,29-32,35-36H,2,12,19-25H2,1H3/t29-,30-,31-,32-/m1/s1. The monoisotopic (exact) mass is 626 g/mol. The van der Waals surface area contributed by atoms with Crippen molar-refractivity contribution in [2.45, 2.75) is 68.1 Å². The average molecular weight is 627 g/mol. The highest BCUT2D eigenvalue weighted by Gasteiger charge is 2.48. The highest BCUT2D eigenvalue weighted by atomic mass is 32.2. The molecule has 0 aliphatic carbocycles. The summed E-state index contributed by atoms with van der Waals surface area (Å²) in [6.45, 7) is 2.33. The number of carbonyl (C=O) groups is 1. The molecule has 0 saturated carbocycles. The van der Waals surface area contributed by atoms with Gasteiger partial charge >= 0.3 is 5.97 Å². The van der Waals surface area contributed by atoms with Crippen molar-refractivity contribution >= 4 is 29.5 Å². The van der Waals surface area contributed by atoms with Gasteiger partial charge < -0.3 is 29.2 Å². The van der Waals surface area contributed by atoms with Gasteiger partial charge in [0.05, 0.1) is 39.1 Å². The van der Waals surface area contributed by atoms with Crippen LogP contribution in [0.15, 0.2) is 91.0 Å². The van der Waals surface area contributed by atoms with Crippen LogP contribution in [0.3, 0.4) is 0 Å². The molecule has 0 unspecified atom stereocenters. The largest absolute Gasteiger partial charge is 0.464 e. The fourth-order valence-electron chi connectivity index (χ4n) is 4.89. The van der Waals surface area contributed by atoms with Crippen LogP contribution in [0.5, 0.6) is 0 Å². The predicted octanol–water partition coefficient (Wildman–Crippen LogP) is 5.62. The third-order valence-electron chi connectivity index (χ3n) is 7.18. The number of aliphatic hydroxyl groups excluding tert-OH is 2. The van der Waals surface area contributed by atoms with Crippen molar-refractivity contribution in [1.29, 1.82) is 0 Å². The van der Waals surface area contributed by atoms with Gasteiger partial charge in [-0.3, -0.25) is 0 Å². The van der Waals surface area contributed by atoms with Crippen molar-refractivity contribution in [3.63, 3.8) is 0 Å². The summed E-state index contributed by atoms with van der Waals surface area (Å²) in [6.07, 6.45) is -2.61. The lowest BCUT2D eigenvalue weighted by Gasteiger charge is -2.40. The van der Waals surface area contributed by atoms with Gasteiger partial charge in [0.1, 0.15) is 18.3 Å². The Morgan fingerprint density at radius 3 is 1.70 bits per heavy atom. The lowest BCUT2D eigenvalue weighted by molar-refractivity contribution is -0.178. The molecule has 43 heavy (non-hydrogen) atoms. The van der Waals surface area contributed by atoms with E-state index in [1.54, 1.807) is 30.4 Å². The number of aliphatic hydroxyl groups is 2. The molecule has 7 nitrogen and oxygen atoms in total. The van der Waals surface area contributed by atoms with Crippen molar-refractivity contribution in [3.8, 4) is 0 Å². The smallest absolute Gasteiger partial charge is 0.332 e. The normalized spacial score (nSPS) is 17.5. The average Bonchev–Trinajstić information content (AvgIpc) is 3.06. The van der Waals surface area contributed by atoms with Gasteiger partial charge in [-0.1, -0.05) is 91.0 Å². The molecule has 3 aromatic rings. The zero-order valence-electron chi connectivity index (χ0n) is 24.6. The molecule has 0 radical (unpaired) electrons. The molecule has 1 heterocycles. The van der Waals surface area contributed by atoms with Crippen molar-refractivity contribution in [2.75, 3.05) is 24.7 Å². The van der Waals surface area contributed by atoms with E-state index in [2.05, 4.69) is 0 Å². The topological polar surface area (TPSA) is 94.5 Å². The highest BCUT2D eigenvalue weighted by molar-refractivity contribution is 8.19. The quantitative estimate of drug-likeness (QED) is 0.185. The first-order chi connectivity index (χ1) is 21.0. The van der Waals surface area contributed by atoms with Crippen molar-refractivity contribution < 1.29 is 34.0 Å². The SMILES string of the molecule is CCOC(=O)C1(C[C@@H](OCc2ccccc2)[C@@H](OCc2ccccc2)[C@H](O)[C@@H](CO)OCc2ccccc2)SCCCS1. The van der Waals surface area contributed by atoms with E-state index < -0.39 is 35.1 Å². The van der Waals surface area contributed by atoms with Gasteiger partial charge in [-0.25, -0.2) is 4.79 Å². The summed E-state index contributed by atoms with van der Waals surface area (Å²) in [4.78, 5) is 13.5. The number of hydrogen-bond acceptors (Lipinski definition) is 9. The molecule has 0 spiro atoms. The second-order valence-corrected chi connectivity index (χ2v) is 13.4. The van der Waals surface area contributed by atoms with E-state index in [4.69, 9.17) is 18.9 Å². The van der Waals surface area contributed by atoms with Crippen LogP contribution >= 0.6 is 23.5 Å². The molecule has 9 heteroatoms. The Morgan fingerprint density at radius 1 is 0.767 bits per heavy atom. The van der Waals surface area contributed by atoms with E-state index in [0.717, 1.165) is 34.6 Å². The maximum Gasteiger partial charge on any atom is 0.332 e. The Labute approximate surface area is 263 Å². The molecule has 0 aromatic heterocycles. The molecule has 2 N–H and O–H groups in total. The Balaban J connectivity index is 1.64. The van der Waals surface area contributed by atoms with Crippen LogP contribution in [-0.2, 0) is 43.6 Å². The van der Waals surface area contributed by atoms with Gasteiger partial charge in [-0.2, -0.15) is 0 Å². The molecule has 1 aliphatic rings. The molecular weight excluding hydrogens is 585 g/mol. The number of hydrogen-bond donors (Lipinski definition) is 2. The van der Waals surface area contributed by atoms with E-state index in [0.29, 0.717) is 0 Å². The summed E-state index contributed by atoms with van der Waals surface area (Å²) >= 11 is 3.13. The van der Waals surface area contributed by atoms with E-state index in [1.807, 2.05) is 91.0 Å². The summed E-state index contributed by atoms with van der Waals surface area (Å²) in [5.41, 5.74) is 2.80. The Hall–Kier alpha value is -2.37. The van der Waals surface area contributed by atoms with Gasteiger partial charge in [0.2, 0.25) is 0 Å². The van der Waals surface area contributed by atoms with Crippen LogP contribution in [0.4, 0.5) is 0 Å². The van der Waals surface area contributed by atoms with Crippen molar-refractivity contribution in [1.82, 2.24) is 0 Å². The van der Waals surface area contributed by atoms with E-state index in [9.17, 15) is 15.0 Å². The zero-order chi connectivity index (χ0) is 30.3. The van der Waals surface area contributed by atoms with Crippen molar-refractivity contribution in [3.05, 3.63) is 108 Å². The zero-order valence-corrected chi connectivity index (χ0v) is 26.2. The fourth-order valence-corrected chi connectivity index (χ4v) is 8.06. The maximum atomic E-state index is 13.5. The van der Waals surface area contributed by atoms with E-state index in [-0.39, 0.29) is 38.8 Å². The second kappa shape index (κ2) is 17.8. The van der Waals surface area contributed by atoms with Crippen LogP contribution in [0.25, 0.3) is 0 Å². The number of ether oxygens (including phenoxy) is 4. The van der Waals surface area contributed by atoms with E-state index in [1.165, 1.54) is 0 Å². The number of benzene rings is 3. The molecule has 232 valence electrons. The Kier molecular flexibility index (Phi) is 13.9. The fraction of sp³-hybridized carbons (Fsp3) is 0.441. The molecule has 4 rings (SSSR count). The first-order valence-electron chi connectivity index (χ1n) is 14.7. The third-order valence-corrected chi connectivity index (χ3v) is 10.5. The number of esters is 1. The van der Waals surface area contributed by atoms with Gasteiger partial charge in [0.15, 0.2) is 4.08 Å². The molecule has 1 aliphatic heterocycles. The minimum Gasteiger partial charge on any atom is -0.464 e. The Morgan fingerprint density at radius 2 is 1.23 bits per heavy atom. The molecule has 3 aromatic carbocycles. The lowest BCUT2D eigenvalue weighted by Crippen LogP contribution is -2.52. The van der Waals surface area contributed by atoms with Gasteiger partial charge in [-0.05, 0) is 41.5 Å². The predicted molar refractivity (Wildman–Crippen MR) is 172 cm³/mol. The number of rotatable bonds is 17. The molecule has 4 atom stereocenters. The summed E-state index contributed by atoms with van der Waals surface area (Å²) in [7, 11) is 0. The maximum absolute atomic E-state index is 13.5. The molecule has 1 fully saturated rings. The first kappa shape index (κ1) is 33.5. The molecule has 1 saturated heterocycles. The van der Waals surface area contributed by atoms with Crippen LogP contribution in [-0.4, -0.2) is 69.4 Å². The number of thioether (sulfide) groups is 2. The van der Waals surface area contributed by atoms with Gasteiger partial charge in [0, 0.05) is 6.42 Å². The highest BCUT2D eigenvalue weighted by Crippen LogP contribution is 2.47. The minimum atomic E-state index is -1.25. The van der Waals surface area contributed by atoms with Gasteiger partial charge in [-0.15, -0.1) is 23.5 Å². The van der Waals surface area contributed by atoms with Crippen LogP contribution in [0, 0.1) is 0 Å². The summed E-state index contributed by atoms with van der Waals surface area (Å²) < 4.78 is 23.7. The first-order valence-corrected chi connectivity index (χ1v) is 16.7.